The van der Waals surface area contributed by atoms with E-state index >= 15 is 0 Å². The number of carbonyl (C=O) groups excluding carboxylic acids is 1. The fraction of sp³-hybridized carbons (Fsp3) is 0.0690. The zero-order valence-corrected chi connectivity index (χ0v) is 21.9. The lowest BCUT2D eigenvalue weighted by Gasteiger charge is -2.15. The van der Waals surface area contributed by atoms with E-state index in [0.717, 1.165) is 11.0 Å². The molecule has 4 aromatic carbocycles. The lowest BCUT2D eigenvalue weighted by molar-refractivity contribution is -0.138. The van der Waals surface area contributed by atoms with Crippen LogP contribution in [0.3, 0.4) is 0 Å². The van der Waals surface area contributed by atoms with E-state index in [-0.39, 0.29) is 11.3 Å². The summed E-state index contributed by atoms with van der Waals surface area (Å²) in [4.78, 5) is 31.6. The zero-order chi connectivity index (χ0) is 28.1. The van der Waals surface area contributed by atoms with E-state index in [0.29, 0.717) is 28.3 Å². The Morgan fingerprint density at radius 2 is 1.52 bits per heavy atom. The third-order valence-electron chi connectivity index (χ3n) is 6.10. The number of nitrogens with one attached hydrogen (secondary N) is 4. The molecule has 10 nitrogen and oxygen atoms in total. The predicted octanol–water partition coefficient (Wildman–Crippen LogP) is 4.85. The number of H-pyrrole nitrogens is 1. The molecule has 5 rings (SSSR count). The number of carboxylic acids is 1. The number of sulfonamides is 1. The number of carbonyl (C=O) groups is 2. The maximum atomic E-state index is 13.1. The Bertz CT molecular complexity index is 1750. The van der Waals surface area contributed by atoms with Crippen molar-refractivity contribution in [2.24, 2.45) is 0 Å². The number of aromatic amines is 1. The number of urea groups is 1. The first-order valence-corrected chi connectivity index (χ1v) is 13.8. The van der Waals surface area contributed by atoms with Gasteiger partial charge in [0.15, 0.2) is 0 Å². The van der Waals surface area contributed by atoms with Gasteiger partial charge in [0.1, 0.15) is 6.04 Å². The monoisotopic (exact) mass is 555 g/mol. The fourth-order valence-electron chi connectivity index (χ4n) is 4.19. The van der Waals surface area contributed by atoms with Crippen molar-refractivity contribution >= 4 is 44.7 Å². The van der Waals surface area contributed by atoms with Crippen LogP contribution >= 0.6 is 0 Å². The number of aromatic nitrogens is 2. The Morgan fingerprint density at radius 1 is 0.825 bits per heavy atom. The summed E-state index contributed by atoms with van der Waals surface area (Å²) in [7, 11) is -4.15. The normalized spacial score (nSPS) is 12.1. The van der Waals surface area contributed by atoms with Crippen LogP contribution in [0.25, 0.3) is 22.2 Å². The van der Waals surface area contributed by atoms with Gasteiger partial charge in [-0.2, -0.15) is 4.72 Å². The molecule has 1 aromatic heterocycles. The molecule has 5 aromatic rings. The van der Waals surface area contributed by atoms with E-state index < -0.39 is 28.1 Å². The van der Waals surface area contributed by atoms with Gasteiger partial charge in [0.25, 0.3) is 0 Å². The number of hydrogen-bond donors (Lipinski definition) is 5. The van der Waals surface area contributed by atoms with E-state index in [1.54, 1.807) is 66.7 Å². The van der Waals surface area contributed by atoms with Crippen molar-refractivity contribution < 1.29 is 23.1 Å². The molecular formula is C29H25N5O5S. The summed E-state index contributed by atoms with van der Waals surface area (Å²) >= 11 is 0. The lowest BCUT2D eigenvalue weighted by Crippen LogP contribution is -2.42. The summed E-state index contributed by atoms with van der Waals surface area (Å²) in [6, 6.07) is 27.4. The van der Waals surface area contributed by atoms with Crippen LogP contribution in [-0.2, 0) is 21.2 Å². The van der Waals surface area contributed by atoms with Gasteiger partial charge >= 0.3 is 12.0 Å². The molecule has 0 radical (unpaired) electrons. The minimum absolute atomic E-state index is 0.00109. The molecule has 0 unspecified atom stereocenters. The van der Waals surface area contributed by atoms with Gasteiger partial charge in [-0.1, -0.05) is 66.7 Å². The first-order valence-electron chi connectivity index (χ1n) is 12.3. The second kappa shape index (κ2) is 11.4. The zero-order valence-electron chi connectivity index (χ0n) is 21.0. The molecule has 0 aliphatic carbocycles. The molecule has 0 bridgehead atoms. The highest BCUT2D eigenvalue weighted by atomic mass is 32.2. The van der Waals surface area contributed by atoms with E-state index in [1.807, 2.05) is 24.3 Å². The lowest BCUT2D eigenvalue weighted by atomic mass is 10.1. The molecule has 0 saturated heterocycles. The summed E-state index contributed by atoms with van der Waals surface area (Å²) in [6.07, 6.45) is -0.00109. The number of benzene rings is 4. The molecular weight excluding hydrogens is 530 g/mol. The Balaban J connectivity index is 1.30. The van der Waals surface area contributed by atoms with E-state index in [4.69, 9.17) is 0 Å². The van der Waals surface area contributed by atoms with Crippen molar-refractivity contribution in [2.75, 3.05) is 10.6 Å². The first-order chi connectivity index (χ1) is 19.3. The number of fused-ring (bicyclic) bond motifs is 1. The van der Waals surface area contributed by atoms with E-state index in [9.17, 15) is 23.1 Å². The second-order valence-electron chi connectivity index (χ2n) is 8.99. The maximum Gasteiger partial charge on any atom is 0.326 e. The van der Waals surface area contributed by atoms with E-state index in [1.165, 1.54) is 12.1 Å². The maximum absolute atomic E-state index is 13.1. The number of amides is 2. The SMILES string of the molecule is O=C(Nc1cccc(-c2cccc(S(=O)(=O)N[C@@H](Cc3ccccc3)C(=O)O)c2)c1)Nc1nc2ccccc2[nH]1. The summed E-state index contributed by atoms with van der Waals surface area (Å²) in [5.41, 5.74) is 3.90. The number of hydrogen-bond acceptors (Lipinski definition) is 5. The van der Waals surface area contributed by atoms with Crippen LogP contribution in [0, 0.1) is 0 Å². The topological polar surface area (TPSA) is 153 Å². The Hall–Kier alpha value is -5.00. The molecule has 0 spiro atoms. The molecule has 202 valence electrons. The summed E-state index contributed by atoms with van der Waals surface area (Å²) in [5, 5.41) is 15.0. The highest BCUT2D eigenvalue weighted by molar-refractivity contribution is 7.89. The third-order valence-corrected chi connectivity index (χ3v) is 7.57. The van der Waals surface area contributed by atoms with Crippen LogP contribution in [-0.4, -0.2) is 41.5 Å². The van der Waals surface area contributed by atoms with Gasteiger partial charge in [0.2, 0.25) is 16.0 Å². The largest absolute Gasteiger partial charge is 0.480 e. The van der Waals surface area contributed by atoms with Gasteiger partial charge in [-0.15, -0.1) is 0 Å². The van der Waals surface area contributed by atoms with Gasteiger partial charge in [-0.3, -0.25) is 10.1 Å². The predicted molar refractivity (Wildman–Crippen MR) is 153 cm³/mol. The van der Waals surface area contributed by atoms with Gasteiger partial charge < -0.3 is 15.4 Å². The summed E-state index contributed by atoms with van der Waals surface area (Å²) < 4.78 is 28.6. The smallest absolute Gasteiger partial charge is 0.326 e. The van der Waals surface area contributed by atoms with Crippen LogP contribution in [0.1, 0.15) is 5.56 Å². The molecule has 5 N–H and O–H groups in total. The molecule has 0 aliphatic heterocycles. The molecule has 2 amide bonds. The molecule has 40 heavy (non-hydrogen) atoms. The molecule has 0 saturated carbocycles. The van der Waals surface area contributed by atoms with E-state index in [2.05, 4.69) is 25.3 Å². The van der Waals surface area contributed by atoms with Crippen molar-refractivity contribution in [3.05, 3.63) is 109 Å². The number of aliphatic carboxylic acids is 1. The second-order valence-corrected chi connectivity index (χ2v) is 10.7. The summed E-state index contributed by atoms with van der Waals surface area (Å²) in [6.45, 7) is 0. The molecule has 11 heteroatoms. The van der Waals surface area contributed by atoms with Crippen LogP contribution in [0.4, 0.5) is 16.4 Å². The highest BCUT2D eigenvalue weighted by Gasteiger charge is 2.26. The Kier molecular flexibility index (Phi) is 7.58. The number of imidazole rings is 1. The first kappa shape index (κ1) is 26.6. The van der Waals surface area contributed by atoms with Gasteiger partial charge in [-0.25, -0.2) is 18.2 Å². The summed E-state index contributed by atoms with van der Waals surface area (Å²) in [5.74, 6) is -0.976. The van der Waals surface area contributed by atoms with Crippen molar-refractivity contribution in [1.29, 1.82) is 0 Å². The minimum Gasteiger partial charge on any atom is -0.480 e. The number of anilines is 2. The average Bonchev–Trinajstić information content (AvgIpc) is 3.35. The quantitative estimate of drug-likeness (QED) is 0.175. The van der Waals surface area contributed by atoms with Gasteiger partial charge in [-0.05, 0) is 59.5 Å². The van der Waals surface area contributed by atoms with Gasteiger partial charge in [0.05, 0.1) is 15.9 Å². The molecule has 0 aliphatic rings. The van der Waals surface area contributed by atoms with Crippen molar-refractivity contribution in [3.8, 4) is 11.1 Å². The van der Waals surface area contributed by atoms with Crippen molar-refractivity contribution in [3.63, 3.8) is 0 Å². The number of nitrogens with zero attached hydrogens (tertiary/aromatic N) is 1. The molecule has 1 heterocycles. The molecule has 0 fully saturated rings. The van der Waals surface area contributed by atoms with Crippen LogP contribution in [0.2, 0.25) is 0 Å². The fourth-order valence-corrected chi connectivity index (χ4v) is 5.42. The van der Waals surface area contributed by atoms with Gasteiger partial charge in [0, 0.05) is 5.69 Å². The van der Waals surface area contributed by atoms with Crippen LogP contribution in [0.5, 0.6) is 0 Å². The number of carboxylic acid groups (broad SMARTS) is 1. The third kappa shape index (κ3) is 6.34. The van der Waals surface area contributed by atoms with Crippen molar-refractivity contribution in [1.82, 2.24) is 14.7 Å². The van der Waals surface area contributed by atoms with Crippen LogP contribution in [0.15, 0.2) is 108 Å². The number of rotatable bonds is 9. The standard InChI is InChI=1S/C29H25N5O5S/c35-27(36)26(16-19-8-2-1-3-9-19)34-40(38,39)23-13-7-11-21(18-23)20-10-6-12-22(17-20)30-29(37)33-28-31-24-14-4-5-15-25(24)32-28/h1-15,17-18,26,34H,16H2,(H,35,36)(H3,30,31,32,33,37)/t26-/m0/s1. The van der Waals surface area contributed by atoms with Crippen molar-refractivity contribution in [2.45, 2.75) is 17.4 Å². The minimum atomic E-state index is -4.15. The Morgan fingerprint density at radius 3 is 2.27 bits per heavy atom. The highest BCUT2D eigenvalue weighted by Crippen LogP contribution is 2.25. The number of para-hydroxylation sites is 2. The average molecular weight is 556 g/mol. The Labute approximate surface area is 230 Å². The molecule has 1 atom stereocenters. The van der Waals surface area contributed by atoms with Crippen LogP contribution < -0.4 is 15.4 Å².